The number of aromatic amines is 1. The van der Waals surface area contributed by atoms with Crippen LogP contribution in [-0.2, 0) is 0 Å². The summed E-state index contributed by atoms with van der Waals surface area (Å²) in [6, 6.07) is 8.56. The van der Waals surface area contributed by atoms with Crippen LogP contribution in [-0.4, -0.2) is 46.1 Å². The number of anilines is 2. The molecule has 6 nitrogen and oxygen atoms in total. The van der Waals surface area contributed by atoms with Gasteiger partial charge in [-0.1, -0.05) is 18.2 Å². The van der Waals surface area contributed by atoms with Gasteiger partial charge in [-0.15, -0.1) is 0 Å². The fourth-order valence-corrected chi connectivity index (χ4v) is 3.07. The molecule has 0 aliphatic carbocycles. The molecule has 1 aromatic carbocycles. The summed E-state index contributed by atoms with van der Waals surface area (Å²) in [5.74, 6) is 0.951. The Morgan fingerprint density at radius 2 is 1.73 bits per heavy atom. The van der Waals surface area contributed by atoms with E-state index in [2.05, 4.69) is 60.9 Å². The zero-order valence-corrected chi connectivity index (χ0v) is 12.5. The lowest BCUT2D eigenvalue weighted by Gasteiger charge is -2.37. The molecule has 1 aliphatic rings. The summed E-state index contributed by atoms with van der Waals surface area (Å²) in [5.41, 5.74) is 4.31. The Morgan fingerprint density at radius 3 is 2.55 bits per heavy atom. The summed E-state index contributed by atoms with van der Waals surface area (Å²) in [7, 11) is 0. The van der Waals surface area contributed by atoms with Crippen molar-refractivity contribution in [3.05, 3.63) is 42.5 Å². The second-order valence-corrected chi connectivity index (χ2v) is 5.56. The second-order valence-electron chi connectivity index (χ2n) is 5.56. The number of rotatable bonds is 2. The van der Waals surface area contributed by atoms with Crippen LogP contribution in [0.2, 0.25) is 0 Å². The maximum Gasteiger partial charge on any atom is 0.182 e. The van der Waals surface area contributed by atoms with E-state index in [1.54, 1.807) is 12.7 Å². The predicted molar refractivity (Wildman–Crippen MR) is 87.3 cm³/mol. The average Bonchev–Trinajstić information content (AvgIpc) is 3.04. The molecule has 0 bridgehead atoms. The molecule has 1 aliphatic heterocycles. The normalized spacial score (nSPS) is 15.5. The Balaban J connectivity index is 1.55. The Hall–Kier alpha value is -2.63. The highest BCUT2D eigenvalue weighted by Gasteiger charge is 2.21. The first-order valence-electron chi connectivity index (χ1n) is 7.52. The minimum absolute atomic E-state index is 0.728. The molecule has 0 saturated carbocycles. The summed E-state index contributed by atoms with van der Waals surface area (Å²) < 4.78 is 0. The van der Waals surface area contributed by atoms with Gasteiger partial charge in [0.25, 0.3) is 0 Å². The number of piperazine rings is 1. The fourth-order valence-electron chi connectivity index (χ4n) is 3.07. The SMILES string of the molecule is Cc1ccccc1N1CCN(c2ncnc3nc[nH]c23)CC1. The Bertz CT molecular complexity index is 788. The maximum absolute atomic E-state index is 4.44. The number of nitrogens with one attached hydrogen (secondary N) is 1. The van der Waals surface area contributed by atoms with Gasteiger partial charge < -0.3 is 14.8 Å². The molecule has 0 atom stereocenters. The van der Waals surface area contributed by atoms with Crippen LogP contribution in [0.4, 0.5) is 11.5 Å². The third-order valence-electron chi connectivity index (χ3n) is 4.24. The summed E-state index contributed by atoms with van der Waals surface area (Å²) in [5, 5.41) is 0. The number of aryl methyl sites for hydroxylation is 1. The van der Waals surface area contributed by atoms with E-state index in [4.69, 9.17) is 0 Å². The summed E-state index contributed by atoms with van der Waals surface area (Å²) in [6.45, 7) is 6.04. The van der Waals surface area contributed by atoms with Gasteiger partial charge >= 0.3 is 0 Å². The van der Waals surface area contributed by atoms with Gasteiger partial charge in [0.2, 0.25) is 0 Å². The molecule has 1 saturated heterocycles. The molecule has 0 radical (unpaired) electrons. The van der Waals surface area contributed by atoms with Crippen LogP contribution in [0.15, 0.2) is 36.9 Å². The van der Waals surface area contributed by atoms with Crippen molar-refractivity contribution in [2.75, 3.05) is 36.0 Å². The molecule has 3 heterocycles. The van der Waals surface area contributed by atoms with Crippen molar-refractivity contribution in [2.45, 2.75) is 6.92 Å². The van der Waals surface area contributed by atoms with Crippen LogP contribution in [0.5, 0.6) is 0 Å². The molecule has 0 spiro atoms. The van der Waals surface area contributed by atoms with Crippen LogP contribution in [0.3, 0.4) is 0 Å². The molecule has 22 heavy (non-hydrogen) atoms. The molecule has 4 rings (SSSR count). The minimum Gasteiger partial charge on any atom is -0.368 e. The number of para-hydroxylation sites is 1. The number of aromatic nitrogens is 4. The smallest absolute Gasteiger partial charge is 0.182 e. The van der Waals surface area contributed by atoms with Crippen molar-refractivity contribution in [1.29, 1.82) is 0 Å². The van der Waals surface area contributed by atoms with Crippen molar-refractivity contribution < 1.29 is 0 Å². The largest absolute Gasteiger partial charge is 0.368 e. The molecule has 1 fully saturated rings. The molecule has 6 heteroatoms. The number of fused-ring (bicyclic) bond motifs is 1. The first kappa shape index (κ1) is 13.1. The lowest BCUT2D eigenvalue weighted by atomic mass is 10.1. The van der Waals surface area contributed by atoms with E-state index in [1.807, 2.05) is 0 Å². The zero-order chi connectivity index (χ0) is 14.9. The number of hydrogen-bond acceptors (Lipinski definition) is 5. The van der Waals surface area contributed by atoms with Crippen LogP contribution in [0, 0.1) is 6.92 Å². The van der Waals surface area contributed by atoms with E-state index in [9.17, 15) is 0 Å². The molecule has 0 amide bonds. The molecule has 1 N–H and O–H groups in total. The molecule has 0 unspecified atom stereocenters. The standard InChI is InChI=1S/C16H18N6/c1-12-4-2-3-5-13(12)21-6-8-22(9-7-21)16-14-15(18-10-17-14)19-11-20-16/h2-5,10-11H,6-9H2,1H3,(H,17,18,19,20). The molecule has 2 aromatic heterocycles. The number of H-pyrrole nitrogens is 1. The molecular formula is C16H18N6. The maximum atomic E-state index is 4.44. The van der Waals surface area contributed by atoms with Crippen molar-refractivity contribution in [1.82, 2.24) is 19.9 Å². The lowest BCUT2D eigenvalue weighted by Crippen LogP contribution is -2.47. The van der Waals surface area contributed by atoms with Gasteiger partial charge in [0.05, 0.1) is 6.33 Å². The molecule has 3 aromatic rings. The van der Waals surface area contributed by atoms with Gasteiger partial charge in [0.15, 0.2) is 11.5 Å². The highest BCUT2D eigenvalue weighted by atomic mass is 15.3. The summed E-state index contributed by atoms with van der Waals surface area (Å²) in [6.07, 6.45) is 3.26. The highest BCUT2D eigenvalue weighted by molar-refractivity contribution is 5.82. The number of hydrogen-bond donors (Lipinski definition) is 1. The minimum atomic E-state index is 0.728. The summed E-state index contributed by atoms with van der Waals surface area (Å²) >= 11 is 0. The van der Waals surface area contributed by atoms with Gasteiger partial charge in [0.1, 0.15) is 11.8 Å². The number of imidazole rings is 1. The van der Waals surface area contributed by atoms with Gasteiger partial charge in [-0.3, -0.25) is 0 Å². The van der Waals surface area contributed by atoms with Crippen molar-refractivity contribution >= 4 is 22.7 Å². The quantitative estimate of drug-likeness (QED) is 0.783. The van der Waals surface area contributed by atoms with Gasteiger partial charge in [0, 0.05) is 31.9 Å². The number of benzene rings is 1. The van der Waals surface area contributed by atoms with E-state index in [0.29, 0.717) is 0 Å². The summed E-state index contributed by atoms with van der Waals surface area (Å²) in [4.78, 5) is 20.7. The third kappa shape index (κ3) is 2.16. The molecular weight excluding hydrogens is 276 g/mol. The first-order valence-corrected chi connectivity index (χ1v) is 7.52. The van der Waals surface area contributed by atoms with E-state index in [-0.39, 0.29) is 0 Å². The third-order valence-corrected chi connectivity index (χ3v) is 4.24. The van der Waals surface area contributed by atoms with Crippen LogP contribution >= 0.6 is 0 Å². The Kier molecular flexibility index (Phi) is 3.14. The van der Waals surface area contributed by atoms with Crippen molar-refractivity contribution in [2.24, 2.45) is 0 Å². The Labute approximate surface area is 128 Å². The van der Waals surface area contributed by atoms with Crippen LogP contribution < -0.4 is 9.80 Å². The second kappa shape index (κ2) is 5.29. The van der Waals surface area contributed by atoms with Gasteiger partial charge in [-0.05, 0) is 18.6 Å². The van der Waals surface area contributed by atoms with Gasteiger partial charge in [-0.25, -0.2) is 15.0 Å². The topological polar surface area (TPSA) is 60.9 Å². The Morgan fingerprint density at radius 1 is 0.955 bits per heavy atom. The monoisotopic (exact) mass is 294 g/mol. The van der Waals surface area contributed by atoms with E-state index < -0.39 is 0 Å². The van der Waals surface area contributed by atoms with E-state index >= 15 is 0 Å². The molecule has 112 valence electrons. The highest BCUT2D eigenvalue weighted by Crippen LogP contribution is 2.24. The van der Waals surface area contributed by atoms with Gasteiger partial charge in [-0.2, -0.15) is 0 Å². The van der Waals surface area contributed by atoms with E-state index in [1.165, 1.54) is 11.3 Å². The predicted octanol–water partition coefficient (Wildman–Crippen LogP) is 1.99. The van der Waals surface area contributed by atoms with Crippen molar-refractivity contribution in [3.8, 4) is 0 Å². The van der Waals surface area contributed by atoms with Crippen LogP contribution in [0.1, 0.15) is 5.56 Å². The first-order chi connectivity index (χ1) is 10.8. The fraction of sp³-hybridized carbons (Fsp3) is 0.312. The van der Waals surface area contributed by atoms with Crippen molar-refractivity contribution in [3.63, 3.8) is 0 Å². The lowest BCUT2D eigenvalue weighted by molar-refractivity contribution is 0.647. The number of nitrogens with zero attached hydrogens (tertiary/aromatic N) is 5. The zero-order valence-electron chi connectivity index (χ0n) is 12.5. The van der Waals surface area contributed by atoms with Crippen LogP contribution in [0.25, 0.3) is 11.2 Å². The average molecular weight is 294 g/mol. The van der Waals surface area contributed by atoms with E-state index in [0.717, 1.165) is 43.2 Å².